The largest absolute Gasteiger partial charge is 0.433 e. The van der Waals surface area contributed by atoms with Crippen LogP contribution in [0.2, 0.25) is 0 Å². The van der Waals surface area contributed by atoms with Crippen molar-refractivity contribution in [3.63, 3.8) is 0 Å². The summed E-state index contributed by atoms with van der Waals surface area (Å²) in [6.07, 6.45) is 0.894. The minimum Gasteiger partial charge on any atom is -0.368 e. The Kier molecular flexibility index (Phi) is 4.90. The van der Waals surface area contributed by atoms with Crippen LogP contribution in [0.15, 0.2) is 6.07 Å². The smallest absolute Gasteiger partial charge is 0.368 e. The summed E-state index contributed by atoms with van der Waals surface area (Å²) in [6.45, 7) is 3.59. The van der Waals surface area contributed by atoms with Gasteiger partial charge in [-0.05, 0) is 25.2 Å². The third kappa shape index (κ3) is 4.22. The lowest BCUT2D eigenvalue weighted by Gasteiger charge is -2.22. The Balaban J connectivity index is 2.16. The quantitative estimate of drug-likeness (QED) is 0.928. The molecule has 1 aromatic rings. The van der Waals surface area contributed by atoms with Gasteiger partial charge in [-0.15, -0.1) is 0 Å². The normalized spacial score (nSPS) is 20.4. The summed E-state index contributed by atoms with van der Waals surface area (Å²) in [6, 6.07) is 0.997. The number of hydrogen-bond acceptors (Lipinski definition) is 4. The van der Waals surface area contributed by atoms with Gasteiger partial charge in [0.2, 0.25) is 5.95 Å². The first-order valence-electron chi connectivity index (χ1n) is 7.37. The van der Waals surface area contributed by atoms with E-state index in [9.17, 15) is 13.2 Å². The van der Waals surface area contributed by atoms with E-state index < -0.39 is 11.9 Å². The first-order valence-corrected chi connectivity index (χ1v) is 7.37. The van der Waals surface area contributed by atoms with Crippen molar-refractivity contribution >= 4 is 11.8 Å². The Hall–Kier alpha value is -1.53. The van der Waals surface area contributed by atoms with E-state index in [4.69, 9.17) is 5.73 Å². The van der Waals surface area contributed by atoms with E-state index in [-0.39, 0.29) is 11.8 Å². The monoisotopic (exact) mass is 302 g/mol. The zero-order valence-corrected chi connectivity index (χ0v) is 12.2. The topological polar surface area (TPSA) is 55.0 Å². The van der Waals surface area contributed by atoms with E-state index in [1.807, 2.05) is 4.90 Å². The van der Waals surface area contributed by atoms with Crippen LogP contribution in [0.25, 0.3) is 0 Å². The van der Waals surface area contributed by atoms with Crippen LogP contribution in [0, 0.1) is 5.92 Å². The number of rotatable bonds is 3. The summed E-state index contributed by atoms with van der Waals surface area (Å²) in [7, 11) is 0. The Morgan fingerprint density at radius 3 is 2.71 bits per heavy atom. The number of nitrogen functional groups attached to an aromatic ring is 1. The number of halogens is 3. The molecule has 0 spiro atoms. The Morgan fingerprint density at radius 2 is 2.05 bits per heavy atom. The van der Waals surface area contributed by atoms with Crippen molar-refractivity contribution in [2.45, 2.75) is 45.2 Å². The number of nitrogens with two attached hydrogens (primary N) is 1. The molecule has 0 saturated carbocycles. The number of alkyl halides is 3. The van der Waals surface area contributed by atoms with Gasteiger partial charge in [0.25, 0.3) is 0 Å². The highest BCUT2D eigenvalue weighted by atomic mass is 19.4. The van der Waals surface area contributed by atoms with Crippen LogP contribution < -0.4 is 10.6 Å². The predicted octanol–water partition coefficient (Wildman–Crippen LogP) is 3.48. The maximum Gasteiger partial charge on any atom is 0.433 e. The molecule has 2 rings (SSSR count). The molecule has 0 radical (unpaired) electrons. The van der Waals surface area contributed by atoms with Crippen LogP contribution in [0.5, 0.6) is 0 Å². The summed E-state index contributed by atoms with van der Waals surface area (Å²) < 4.78 is 38.4. The van der Waals surface area contributed by atoms with Crippen LogP contribution in [0.3, 0.4) is 0 Å². The van der Waals surface area contributed by atoms with E-state index in [2.05, 4.69) is 16.9 Å². The van der Waals surface area contributed by atoms with Crippen LogP contribution >= 0.6 is 0 Å². The first kappa shape index (κ1) is 15.9. The molecule has 2 N–H and O–H groups in total. The van der Waals surface area contributed by atoms with E-state index in [1.165, 1.54) is 6.42 Å². The molecule has 1 aliphatic rings. The van der Waals surface area contributed by atoms with Crippen LogP contribution in [-0.4, -0.2) is 23.1 Å². The van der Waals surface area contributed by atoms with E-state index in [1.54, 1.807) is 0 Å². The molecule has 0 aliphatic carbocycles. The van der Waals surface area contributed by atoms with Crippen molar-refractivity contribution < 1.29 is 13.2 Å². The molecule has 1 aromatic heterocycles. The summed E-state index contributed by atoms with van der Waals surface area (Å²) in [5.41, 5.74) is 4.46. The summed E-state index contributed by atoms with van der Waals surface area (Å²) in [4.78, 5) is 9.15. The Bertz CT molecular complexity index is 476. The molecule has 0 bridgehead atoms. The maximum atomic E-state index is 12.8. The average molecular weight is 302 g/mol. The number of aromatic nitrogens is 2. The average Bonchev–Trinajstić information content (AvgIpc) is 2.63. The van der Waals surface area contributed by atoms with Gasteiger partial charge in [0, 0.05) is 19.2 Å². The predicted molar refractivity (Wildman–Crippen MR) is 75.9 cm³/mol. The lowest BCUT2D eigenvalue weighted by Crippen LogP contribution is -2.26. The third-order valence-electron chi connectivity index (χ3n) is 3.89. The first-order chi connectivity index (χ1) is 9.90. The highest BCUT2D eigenvalue weighted by Gasteiger charge is 2.34. The van der Waals surface area contributed by atoms with E-state index >= 15 is 0 Å². The van der Waals surface area contributed by atoms with Gasteiger partial charge >= 0.3 is 6.18 Å². The molecule has 1 aliphatic heterocycles. The number of nitrogens with zero attached hydrogens (tertiary/aromatic N) is 3. The highest BCUT2D eigenvalue weighted by molar-refractivity contribution is 5.44. The van der Waals surface area contributed by atoms with Crippen molar-refractivity contribution in [3.8, 4) is 0 Å². The fourth-order valence-electron chi connectivity index (χ4n) is 2.85. The van der Waals surface area contributed by atoms with Crippen LogP contribution in [-0.2, 0) is 6.18 Å². The molecular formula is C14H21F3N4. The van der Waals surface area contributed by atoms with Crippen molar-refractivity contribution in [3.05, 3.63) is 11.8 Å². The Morgan fingerprint density at radius 1 is 1.29 bits per heavy atom. The van der Waals surface area contributed by atoms with Gasteiger partial charge in [0.15, 0.2) is 5.69 Å². The standard InChI is InChI=1S/C14H21F3N4/c1-2-4-10-5-3-7-21(8-6-10)12-9-11(14(15,16)17)19-13(18)20-12/h9-10H,2-8H2,1H3,(H2,18,19,20). The van der Waals surface area contributed by atoms with E-state index in [0.717, 1.165) is 38.3 Å². The zero-order chi connectivity index (χ0) is 15.5. The minimum atomic E-state index is -4.50. The van der Waals surface area contributed by atoms with Crippen LogP contribution in [0.4, 0.5) is 24.9 Å². The molecule has 4 nitrogen and oxygen atoms in total. The van der Waals surface area contributed by atoms with Gasteiger partial charge < -0.3 is 10.6 Å². The molecule has 1 unspecified atom stereocenters. The highest BCUT2D eigenvalue weighted by Crippen LogP contribution is 2.31. The summed E-state index contributed by atoms with van der Waals surface area (Å²) in [5, 5.41) is 0. The molecule has 7 heteroatoms. The molecular weight excluding hydrogens is 281 g/mol. The summed E-state index contributed by atoms with van der Waals surface area (Å²) in [5.74, 6) is 0.613. The third-order valence-corrected chi connectivity index (χ3v) is 3.89. The van der Waals surface area contributed by atoms with Gasteiger partial charge in [-0.1, -0.05) is 19.8 Å². The summed E-state index contributed by atoms with van der Waals surface area (Å²) >= 11 is 0. The van der Waals surface area contributed by atoms with Crippen LogP contribution in [0.1, 0.15) is 44.7 Å². The SMILES string of the molecule is CCCC1CCCN(c2cc(C(F)(F)F)nc(N)n2)CC1. The van der Waals surface area contributed by atoms with Crippen molar-refractivity contribution in [1.82, 2.24) is 9.97 Å². The zero-order valence-electron chi connectivity index (χ0n) is 12.2. The lowest BCUT2D eigenvalue weighted by atomic mass is 9.96. The fraction of sp³-hybridized carbons (Fsp3) is 0.714. The molecule has 21 heavy (non-hydrogen) atoms. The van der Waals surface area contributed by atoms with Gasteiger partial charge in [0.05, 0.1) is 0 Å². The number of hydrogen-bond donors (Lipinski definition) is 1. The molecule has 0 aromatic carbocycles. The van der Waals surface area contributed by atoms with Gasteiger partial charge in [0.1, 0.15) is 5.82 Å². The van der Waals surface area contributed by atoms with Crippen molar-refractivity contribution in [2.75, 3.05) is 23.7 Å². The molecule has 118 valence electrons. The molecule has 2 heterocycles. The number of anilines is 2. The van der Waals surface area contributed by atoms with Crippen molar-refractivity contribution in [2.24, 2.45) is 5.92 Å². The molecule has 1 fully saturated rings. The maximum absolute atomic E-state index is 12.8. The van der Waals surface area contributed by atoms with Crippen molar-refractivity contribution in [1.29, 1.82) is 0 Å². The van der Waals surface area contributed by atoms with E-state index in [0.29, 0.717) is 12.5 Å². The second-order valence-electron chi connectivity index (χ2n) is 5.54. The van der Waals surface area contributed by atoms with Gasteiger partial charge in [-0.2, -0.15) is 18.2 Å². The van der Waals surface area contributed by atoms with Gasteiger partial charge in [-0.3, -0.25) is 0 Å². The molecule has 1 saturated heterocycles. The Labute approximate surface area is 122 Å². The van der Waals surface area contributed by atoms with Gasteiger partial charge in [-0.25, -0.2) is 4.98 Å². The lowest BCUT2D eigenvalue weighted by molar-refractivity contribution is -0.141. The molecule has 1 atom stereocenters. The second kappa shape index (κ2) is 6.49. The minimum absolute atomic E-state index is 0.284. The second-order valence-corrected chi connectivity index (χ2v) is 5.54. The fourth-order valence-corrected chi connectivity index (χ4v) is 2.85. The molecule has 0 amide bonds.